The highest BCUT2D eigenvalue weighted by molar-refractivity contribution is 7.91. The summed E-state index contributed by atoms with van der Waals surface area (Å²) in [5, 5.41) is 6.34. The molecule has 1 saturated heterocycles. The fourth-order valence-corrected chi connectivity index (χ4v) is 4.52. The Bertz CT molecular complexity index is 697. The minimum absolute atomic E-state index is 0.0101. The molecule has 1 atom stereocenters. The van der Waals surface area contributed by atoms with Gasteiger partial charge in [0.2, 0.25) is 5.91 Å². The molecule has 0 aliphatic carbocycles. The van der Waals surface area contributed by atoms with Gasteiger partial charge in [-0.1, -0.05) is 23.7 Å². The fourth-order valence-electron chi connectivity index (χ4n) is 2.72. The zero-order valence-corrected chi connectivity index (χ0v) is 12.9. The maximum absolute atomic E-state index is 12.1. The molecule has 1 aromatic rings. The first-order valence-corrected chi connectivity index (χ1v) is 9.00. The zero-order chi connectivity index (χ0) is 15.0. The van der Waals surface area contributed by atoms with E-state index in [4.69, 9.17) is 11.6 Å². The maximum Gasteiger partial charge on any atom is 0.249 e. The highest BCUT2D eigenvalue weighted by atomic mass is 35.5. The molecule has 2 aliphatic rings. The number of nitrogens with zero attached hydrogens (tertiary/aromatic N) is 2. The number of halogens is 1. The first kappa shape index (κ1) is 14.5. The predicted molar refractivity (Wildman–Crippen MR) is 81.1 cm³/mol. The smallest absolute Gasteiger partial charge is 0.249 e. The summed E-state index contributed by atoms with van der Waals surface area (Å²) >= 11 is 5.84. The average molecular weight is 327 g/mol. The molecular formula is C14H15ClN2O3S. The number of sulfone groups is 1. The third-order valence-electron chi connectivity index (χ3n) is 3.76. The van der Waals surface area contributed by atoms with Crippen molar-refractivity contribution in [2.24, 2.45) is 5.10 Å². The number of carbonyl (C=O) groups excluding carboxylic acids is 1. The van der Waals surface area contributed by atoms with Crippen molar-refractivity contribution < 1.29 is 13.2 Å². The predicted octanol–water partition coefficient (Wildman–Crippen LogP) is 1.85. The van der Waals surface area contributed by atoms with Gasteiger partial charge in [0, 0.05) is 5.02 Å². The van der Waals surface area contributed by atoms with Gasteiger partial charge in [-0.25, -0.2) is 13.4 Å². The van der Waals surface area contributed by atoms with E-state index in [9.17, 15) is 13.2 Å². The van der Waals surface area contributed by atoms with Crippen LogP contribution in [0.2, 0.25) is 5.02 Å². The van der Waals surface area contributed by atoms with Crippen LogP contribution in [0.15, 0.2) is 29.4 Å². The summed E-state index contributed by atoms with van der Waals surface area (Å²) in [6.07, 6.45) is 1.48. The molecule has 0 saturated carbocycles. The van der Waals surface area contributed by atoms with Crippen molar-refractivity contribution in [1.82, 2.24) is 5.01 Å². The third-order valence-corrected chi connectivity index (χ3v) is 5.82. The number of amides is 1. The minimum atomic E-state index is -3.06. The number of hydrazone groups is 1. The van der Waals surface area contributed by atoms with E-state index in [1.54, 1.807) is 12.1 Å². The Morgan fingerprint density at radius 2 is 1.95 bits per heavy atom. The lowest BCUT2D eigenvalue weighted by Gasteiger charge is -2.27. The molecule has 1 aromatic carbocycles. The molecule has 0 spiro atoms. The highest BCUT2D eigenvalue weighted by Gasteiger charge is 2.35. The lowest BCUT2D eigenvalue weighted by atomic mass is 10.1. The Labute approximate surface area is 128 Å². The third kappa shape index (κ3) is 3.11. The van der Waals surface area contributed by atoms with Crippen LogP contribution >= 0.6 is 11.6 Å². The van der Waals surface area contributed by atoms with Crippen LogP contribution < -0.4 is 0 Å². The second-order valence-corrected chi connectivity index (χ2v) is 8.04. The van der Waals surface area contributed by atoms with Crippen LogP contribution in [0.1, 0.15) is 24.8 Å². The normalized spacial score (nSPS) is 25.0. The molecule has 0 bridgehead atoms. The van der Waals surface area contributed by atoms with Gasteiger partial charge in [0.05, 0.1) is 29.7 Å². The molecule has 0 N–H and O–H groups in total. The molecule has 5 nitrogen and oxygen atoms in total. The molecule has 0 radical (unpaired) electrons. The van der Waals surface area contributed by atoms with Crippen LogP contribution in [-0.4, -0.2) is 42.6 Å². The Morgan fingerprint density at radius 3 is 2.62 bits per heavy atom. The van der Waals surface area contributed by atoms with Crippen LogP contribution in [0.25, 0.3) is 0 Å². The largest absolute Gasteiger partial charge is 0.272 e. The van der Waals surface area contributed by atoms with E-state index in [-0.39, 0.29) is 29.9 Å². The molecule has 112 valence electrons. The summed E-state index contributed by atoms with van der Waals surface area (Å²) in [5.74, 6) is 0.0807. The average Bonchev–Trinajstić information content (AvgIpc) is 2.80. The molecule has 2 aliphatic heterocycles. The Hall–Kier alpha value is -1.40. The van der Waals surface area contributed by atoms with Crippen molar-refractivity contribution in [3.05, 3.63) is 34.9 Å². The Kier molecular flexibility index (Phi) is 3.75. The monoisotopic (exact) mass is 326 g/mol. The standard InChI is InChI=1S/C14H15ClN2O3S/c15-11-5-3-10(4-6-11)13-8-14(18)17(16-13)12-2-1-7-21(19,20)9-12/h3-6,12H,1-2,7-9H2. The van der Waals surface area contributed by atoms with E-state index >= 15 is 0 Å². The van der Waals surface area contributed by atoms with E-state index < -0.39 is 9.84 Å². The Balaban J connectivity index is 1.83. The van der Waals surface area contributed by atoms with E-state index in [1.165, 1.54) is 5.01 Å². The molecule has 3 rings (SSSR count). The lowest BCUT2D eigenvalue weighted by Crippen LogP contribution is -2.42. The summed E-state index contributed by atoms with van der Waals surface area (Å²) in [4.78, 5) is 12.1. The van der Waals surface area contributed by atoms with Gasteiger partial charge in [0.1, 0.15) is 0 Å². The molecule has 7 heteroatoms. The first-order valence-electron chi connectivity index (χ1n) is 6.80. The quantitative estimate of drug-likeness (QED) is 0.833. The van der Waals surface area contributed by atoms with Crippen molar-refractivity contribution in [1.29, 1.82) is 0 Å². The molecule has 1 unspecified atom stereocenters. The second-order valence-electron chi connectivity index (χ2n) is 5.38. The van der Waals surface area contributed by atoms with Gasteiger partial charge in [-0.3, -0.25) is 4.79 Å². The first-order chi connectivity index (χ1) is 9.94. The van der Waals surface area contributed by atoms with Crippen molar-refractivity contribution in [3.63, 3.8) is 0 Å². The topological polar surface area (TPSA) is 66.8 Å². The molecule has 1 amide bonds. The summed E-state index contributed by atoms with van der Waals surface area (Å²) in [7, 11) is -3.06. The van der Waals surface area contributed by atoms with Crippen LogP contribution in [0.5, 0.6) is 0 Å². The van der Waals surface area contributed by atoms with Crippen LogP contribution in [-0.2, 0) is 14.6 Å². The molecule has 21 heavy (non-hydrogen) atoms. The van der Waals surface area contributed by atoms with Gasteiger partial charge in [0.15, 0.2) is 9.84 Å². The number of hydrogen-bond donors (Lipinski definition) is 0. The van der Waals surface area contributed by atoms with Gasteiger partial charge < -0.3 is 0 Å². The Morgan fingerprint density at radius 1 is 1.24 bits per heavy atom. The fraction of sp³-hybridized carbons (Fsp3) is 0.429. The van der Waals surface area contributed by atoms with E-state index in [0.29, 0.717) is 23.6 Å². The van der Waals surface area contributed by atoms with Crippen molar-refractivity contribution in [2.45, 2.75) is 25.3 Å². The van der Waals surface area contributed by atoms with E-state index in [0.717, 1.165) is 5.56 Å². The number of carbonyl (C=O) groups is 1. The number of rotatable bonds is 2. The summed E-state index contributed by atoms with van der Waals surface area (Å²) in [5.41, 5.74) is 1.51. The van der Waals surface area contributed by atoms with Gasteiger partial charge >= 0.3 is 0 Å². The van der Waals surface area contributed by atoms with E-state index in [2.05, 4.69) is 5.10 Å². The second kappa shape index (κ2) is 5.42. The van der Waals surface area contributed by atoms with Gasteiger partial charge in [-0.15, -0.1) is 0 Å². The summed E-state index contributed by atoms with van der Waals surface area (Å²) in [6.45, 7) is 0. The minimum Gasteiger partial charge on any atom is -0.272 e. The van der Waals surface area contributed by atoms with Crippen molar-refractivity contribution >= 4 is 33.1 Å². The highest BCUT2D eigenvalue weighted by Crippen LogP contribution is 2.24. The molecule has 2 heterocycles. The van der Waals surface area contributed by atoms with Gasteiger partial charge in [-0.05, 0) is 30.5 Å². The maximum atomic E-state index is 12.1. The number of hydrogen-bond acceptors (Lipinski definition) is 4. The van der Waals surface area contributed by atoms with Crippen LogP contribution in [0, 0.1) is 0 Å². The summed E-state index contributed by atoms with van der Waals surface area (Å²) < 4.78 is 23.4. The van der Waals surface area contributed by atoms with Crippen molar-refractivity contribution in [3.8, 4) is 0 Å². The zero-order valence-electron chi connectivity index (χ0n) is 11.3. The van der Waals surface area contributed by atoms with Crippen LogP contribution in [0.3, 0.4) is 0 Å². The molecule has 1 fully saturated rings. The lowest BCUT2D eigenvalue weighted by molar-refractivity contribution is -0.130. The molecule has 0 aromatic heterocycles. The summed E-state index contributed by atoms with van der Waals surface area (Å²) in [6, 6.07) is 6.79. The molecular weight excluding hydrogens is 312 g/mol. The van der Waals surface area contributed by atoms with Gasteiger partial charge in [-0.2, -0.15) is 5.10 Å². The SMILES string of the molecule is O=C1CC(c2ccc(Cl)cc2)=NN1C1CCCS(=O)(=O)C1. The van der Waals surface area contributed by atoms with Crippen LogP contribution in [0.4, 0.5) is 0 Å². The number of benzene rings is 1. The van der Waals surface area contributed by atoms with Gasteiger partial charge in [0.25, 0.3) is 0 Å². The van der Waals surface area contributed by atoms with Crippen molar-refractivity contribution in [2.75, 3.05) is 11.5 Å². The van der Waals surface area contributed by atoms with E-state index in [1.807, 2.05) is 12.1 Å².